The van der Waals surface area contributed by atoms with Gasteiger partial charge in [-0.15, -0.1) is 0 Å². The zero-order valence-electron chi connectivity index (χ0n) is 11.0. The molecule has 0 amide bonds. The molecular formula is C12H19NO5S. The fraction of sp³-hybridized carbons (Fsp3) is 0.500. The maximum Gasteiger partial charge on any atom is 0.257 e. The van der Waals surface area contributed by atoms with Gasteiger partial charge in [0.1, 0.15) is 0 Å². The predicted molar refractivity (Wildman–Crippen MR) is 72.1 cm³/mol. The highest BCUT2D eigenvalue weighted by Gasteiger charge is 2.08. The predicted octanol–water partition coefficient (Wildman–Crippen LogP) is 0.726. The Morgan fingerprint density at radius 3 is 2.63 bits per heavy atom. The third-order valence-corrected chi connectivity index (χ3v) is 2.89. The fourth-order valence-corrected chi connectivity index (χ4v) is 1.93. The molecule has 6 nitrogen and oxygen atoms in total. The lowest BCUT2D eigenvalue weighted by atomic mass is 10.2. The van der Waals surface area contributed by atoms with Gasteiger partial charge < -0.3 is 14.8 Å². The number of para-hydroxylation sites is 1. The third kappa shape index (κ3) is 5.46. The van der Waals surface area contributed by atoms with Crippen molar-refractivity contribution in [2.24, 2.45) is 0 Å². The van der Waals surface area contributed by atoms with Crippen molar-refractivity contribution >= 4 is 11.0 Å². The molecule has 108 valence electrons. The summed E-state index contributed by atoms with van der Waals surface area (Å²) in [6.45, 7) is 1.47. The maximum atomic E-state index is 10.2. The van der Waals surface area contributed by atoms with Crippen molar-refractivity contribution in [1.82, 2.24) is 5.32 Å². The van der Waals surface area contributed by atoms with Crippen LogP contribution in [0.1, 0.15) is 12.0 Å². The fourth-order valence-electron chi connectivity index (χ4n) is 1.65. The lowest BCUT2D eigenvalue weighted by molar-refractivity contribution is 0.322. The molecule has 0 unspecified atom stereocenters. The minimum atomic E-state index is -2.74. The SMILES string of the molecule is COc1cccc(CNCCCO[SH](=O)=O)c1OC. The minimum absolute atomic E-state index is 0.195. The molecule has 1 aromatic carbocycles. The van der Waals surface area contributed by atoms with Gasteiger partial charge >= 0.3 is 0 Å². The molecule has 0 aliphatic heterocycles. The maximum absolute atomic E-state index is 10.2. The molecule has 7 heteroatoms. The van der Waals surface area contributed by atoms with Gasteiger partial charge in [0.05, 0.1) is 20.8 Å². The first kappa shape index (κ1) is 15.7. The van der Waals surface area contributed by atoms with E-state index in [0.29, 0.717) is 31.0 Å². The van der Waals surface area contributed by atoms with Crippen LogP contribution in [0.3, 0.4) is 0 Å². The Morgan fingerprint density at radius 2 is 2.00 bits per heavy atom. The second-order valence-electron chi connectivity index (χ2n) is 3.74. The van der Waals surface area contributed by atoms with Crippen molar-refractivity contribution in [2.45, 2.75) is 13.0 Å². The second kappa shape index (κ2) is 8.73. The van der Waals surface area contributed by atoms with Crippen molar-refractivity contribution in [2.75, 3.05) is 27.4 Å². The second-order valence-corrected chi connectivity index (χ2v) is 4.45. The van der Waals surface area contributed by atoms with E-state index in [1.165, 1.54) is 0 Å². The van der Waals surface area contributed by atoms with Crippen LogP contribution in [0.25, 0.3) is 0 Å². The summed E-state index contributed by atoms with van der Waals surface area (Å²) in [5.41, 5.74) is 0.984. The molecule has 1 N–H and O–H groups in total. The Balaban J connectivity index is 2.40. The third-order valence-electron chi connectivity index (χ3n) is 2.49. The largest absolute Gasteiger partial charge is 0.493 e. The van der Waals surface area contributed by atoms with E-state index >= 15 is 0 Å². The summed E-state index contributed by atoms with van der Waals surface area (Å²) < 4.78 is 35.3. The van der Waals surface area contributed by atoms with E-state index in [4.69, 9.17) is 9.47 Å². The number of thiol groups is 1. The molecule has 0 spiro atoms. The molecule has 0 aromatic heterocycles. The van der Waals surface area contributed by atoms with Gasteiger partial charge in [0.2, 0.25) is 0 Å². The first-order chi connectivity index (χ1) is 9.19. The van der Waals surface area contributed by atoms with E-state index in [0.717, 1.165) is 5.56 Å². The Morgan fingerprint density at radius 1 is 1.21 bits per heavy atom. The molecule has 0 fully saturated rings. The van der Waals surface area contributed by atoms with Crippen LogP contribution in [0, 0.1) is 0 Å². The lowest BCUT2D eigenvalue weighted by Gasteiger charge is -2.12. The summed E-state index contributed by atoms with van der Waals surface area (Å²) in [5.74, 6) is 1.39. The van der Waals surface area contributed by atoms with E-state index in [-0.39, 0.29) is 6.61 Å². The highest BCUT2D eigenvalue weighted by atomic mass is 32.2. The van der Waals surface area contributed by atoms with E-state index in [2.05, 4.69) is 9.50 Å². The molecule has 19 heavy (non-hydrogen) atoms. The zero-order chi connectivity index (χ0) is 14.1. The van der Waals surface area contributed by atoms with Crippen molar-refractivity contribution in [1.29, 1.82) is 0 Å². The summed E-state index contributed by atoms with van der Waals surface area (Å²) in [6.07, 6.45) is 0.621. The van der Waals surface area contributed by atoms with Crippen LogP contribution in [0.15, 0.2) is 18.2 Å². The van der Waals surface area contributed by atoms with Crippen molar-refractivity contribution in [3.05, 3.63) is 23.8 Å². The van der Waals surface area contributed by atoms with Gasteiger partial charge in [0, 0.05) is 12.1 Å². The van der Waals surface area contributed by atoms with Gasteiger partial charge in [-0.3, -0.25) is 4.18 Å². The Hall–Kier alpha value is -1.31. The van der Waals surface area contributed by atoms with E-state index in [9.17, 15) is 8.42 Å². The molecule has 0 bridgehead atoms. The summed E-state index contributed by atoms with van der Waals surface area (Å²) in [7, 11) is 0.447. The molecular weight excluding hydrogens is 270 g/mol. The highest BCUT2D eigenvalue weighted by molar-refractivity contribution is 7.67. The molecule has 0 saturated carbocycles. The smallest absolute Gasteiger partial charge is 0.257 e. The van der Waals surface area contributed by atoms with Crippen LogP contribution in [-0.2, 0) is 21.7 Å². The van der Waals surface area contributed by atoms with Gasteiger partial charge in [-0.2, -0.15) is 0 Å². The molecule has 1 aromatic rings. The number of methoxy groups -OCH3 is 2. The Labute approximate surface area is 114 Å². The summed E-state index contributed by atoms with van der Waals surface area (Å²) >= 11 is 0. The number of ether oxygens (including phenoxy) is 2. The topological polar surface area (TPSA) is 73.9 Å². The van der Waals surface area contributed by atoms with Crippen molar-refractivity contribution in [3.8, 4) is 11.5 Å². The molecule has 0 aliphatic rings. The van der Waals surface area contributed by atoms with Crippen molar-refractivity contribution in [3.63, 3.8) is 0 Å². The summed E-state index contributed by atoms with van der Waals surface area (Å²) in [6, 6.07) is 5.67. The van der Waals surface area contributed by atoms with Crippen LogP contribution in [0.4, 0.5) is 0 Å². The lowest BCUT2D eigenvalue weighted by Crippen LogP contribution is -2.17. The first-order valence-electron chi connectivity index (χ1n) is 5.87. The number of benzene rings is 1. The molecule has 0 radical (unpaired) electrons. The standard InChI is InChI=1S/C12H19NO5S/c1-16-11-6-3-5-10(12(11)17-2)9-13-7-4-8-18-19(14)15/h3,5-6,13,19H,4,7-9H2,1-2H3. The van der Waals surface area contributed by atoms with E-state index in [1.807, 2.05) is 18.2 Å². The number of hydrogen-bond donors (Lipinski definition) is 2. The summed E-state index contributed by atoms with van der Waals surface area (Å²) in [5, 5.41) is 3.19. The summed E-state index contributed by atoms with van der Waals surface area (Å²) in [4.78, 5) is 0. The molecule has 0 aliphatic carbocycles. The minimum Gasteiger partial charge on any atom is -0.493 e. The Kier molecular flexibility index (Phi) is 7.24. The van der Waals surface area contributed by atoms with E-state index in [1.54, 1.807) is 14.2 Å². The molecule has 1 rings (SSSR count). The normalized spacial score (nSPS) is 10.7. The molecule has 0 heterocycles. The van der Waals surface area contributed by atoms with Crippen molar-refractivity contribution < 1.29 is 22.1 Å². The monoisotopic (exact) mass is 289 g/mol. The van der Waals surface area contributed by atoms with E-state index < -0.39 is 11.0 Å². The number of hydrogen-bond acceptors (Lipinski definition) is 6. The van der Waals surface area contributed by atoms with Crippen LogP contribution < -0.4 is 14.8 Å². The molecule has 0 atom stereocenters. The average molecular weight is 289 g/mol. The van der Waals surface area contributed by atoms with Gasteiger partial charge in [-0.25, -0.2) is 8.42 Å². The zero-order valence-corrected chi connectivity index (χ0v) is 11.9. The quantitative estimate of drug-likeness (QED) is 0.515. The number of nitrogens with one attached hydrogen (secondary N) is 1. The highest BCUT2D eigenvalue weighted by Crippen LogP contribution is 2.30. The van der Waals surface area contributed by atoms with Crippen LogP contribution in [-0.4, -0.2) is 35.8 Å². The van der Waals surface area contributed by atoms with Gasteiger partial charge in [0.25, 0.3) is 11.0 Å². The average Bonchev–Trinajstić information content (AvgIpc) is 2.41. The van der Waals surface area contributed by atoms with Gasteiger partial charge in [-0.05, 0) is 19.0 Å². The van der Waals surface area contributed by atoms with Crippen LogP contribution >= 0.6 is 0 Å². The number of rotatable bonds is 9. The van der Waals surface area contributed by atoms with Gasteiger partial charge in [0.15, 0.2) is 11.5 Å². The van der Waals surface area contributed by atoms with Crippen LogP contribution in [0.2, 0.25) is 0 Å². The van der Waals surface area contributed by atoms with Crippen LogP contribution in [0.5, 0.6) is 11.5 Å². The van der Waals surface area contributed by atoms with Gasteiger partial charge in [-0.1, -0.05) is 12.1 Å². The molecule has 0 saturated heterocycles. The first-order valence-corrected chi connectivity index (χ1v) is 6.96. The Bertz CT molecular complexity index is 453.